The summed E-state index contributed by atoms with van der Waals surface area (Å²) in [6.45, 7) is 4.08. The molecule has 132 valence electrons. The normalized spacial score (nSPS) is 11.1. The number of halogens is 1. The summed E-state index contributed by atoms with van der Waals surface area (Å²) in [6, 6.07) is 13.2. The smallest absolute Gasteiger partial charge is 0.251 e. The molecular formula is C18H19ClN2O3S. The molecule has 25 heavy (non-hydrogen) atoms. The quantitative estimate of drug-likeness (QED) is 0.693. The summed E-state index contributed by atoms with van der Waals surface area (Å²) in [5.41, 5.74) is 1.47. The van der Waals surface area contributed by atoms with Gasteiger partial charge in [0.15, 0.2) is 0 Å². The van der Waals surface area contributed by atoms with Crippen LogP contribution in [0.15, 0.2) is 66.1 Å². The third kappa shape index (κ3) is 5.70. The second-order valence-corrected chi connectivity index (χ2v) is 7.50. The third-order valence-corrected chi connectivity index (χ3v) is 5.15. The maximum atomic E-state index is 12.1. The molecular weight excluding hydrogens is 360 g/mol. The zero-order chi connectivity index (χ0) is 18.3. The monoisotopic (exact) mass is 378 g/mol. The van der Waals surface area contributed by atoms with Crippen LogP contribution in [-0.4, -0.2) is 27.4 Å². The van der Waals surface area contributed by atoms with E-state index in [2.05, 4.69) is 16.6 Å². The van der Waals surface area contributed by atoms with Crippen molar-refractivity contribution < 1.29 is 13.2 Å². The lowest BCUT2D eigenvalue weighted by Gasteiger charge is -2.07. The van der Waals surface area contributed by atoms with E-state index in [0.29, 0.717) is 23.6 Å². The van der Waals surface area contributed by atoms with Crippen molar-refractivity contribution in [3.8, 4) is 0 Å². The van der Waals surface area contributed by atoms with Crippen LogP contribution in [-0.2, 0) is 16.4 Å². The first-order valence-electron chi connectivity index (χ1n) is 7.65. The van der Waals surface area contributed by atoms with Crippen molar-refractivity contribution >= 4 is 27.5 Å². The van der Waals surface area contributed by atoms with Crippen LogP contribution >= 0.6 is 11.6 Å². The van der Waals surface area contributed by atoms with E-state index < -0.39 is 10.0 Å². The van der Waals surface area contributed by atoms with Gasteiger partial charge in [0.05, 0.1) is 4.90 Å². The number of hydrogen-bond acceptors (Lipinski definition) is 3. The van der Waals surface area contributed by atoms with Crippen molar-refractivity contribution in [2.45, 2.75) is 11.3 Å². The van der Waals surface area contributed by atoms with E-state index in [1.165, 1.54) is 30.3 Å². The molecule has 7 heteroatoms. The number of nitrogens with one attached hydrogen (secondary N) is 2. The van der Waals surface area contributed by atoms with Gasteiger partial charge in [-0.1, -0.05) is 29.8 Å². The number of hydrogen-bond donors (Lipinski definition) is 2. The second-order valence-electron chi connectivity index (χ2n) is 5.30. The zero-order valence-electron chi connectivity index (χ0n) is 13.5. The number of amides is 1. The van der Waals surface area contributed by atoms with Crippen LogP contribution in [0.4, 0.5) is 0 Å². The third-order valence-electron chi connectivity index (χ3n) is 3.46. The first kappa shape index (κ1) is 19.2. The summed E-state index contributed by atoms with van der Waals surface area (Å²) in [4.78, 5) is 12.2. The van der Waals surface area contributed by atoms with Crippen molar-refractivity contribution in [3.63, 3.8) is 0 Å². The van der Waals surface area contributed by atoms with Gasteiger partial charge in [0.2, 0.25) is 10.0 Å². The number of carbonyl (C=O) groups excluding carboxylic acids is 1. The molecule has 0 fully saturated rings. The summed E-state index contributed by atoms with van der Waals surface area (Å²) in [5.74, 6) is -0.253. The molecule has 0 radical (unpaired) electrons. The van der Waals surface area contributed by atoms with Crippen molar-refractivity contribution in [3.05, 3.63) is 77.3 Å². The molecule has 0 aliphatic heterocycles. The van der Waals surface area contributed by atoms with E-state index in [9.17, 15) is 13.2 Å². The Balaban J connectivity index is 1.91. The molecule has 1 amide bonds. The van der Waals surface area contributed by atoms with Crippen molar-refractivity contribution in [1.82, 2.24) is 10.0 Å². The zero-order valence-corrected chi connectivity index (χ0v) is 15.1. The van der Waals surface area contributed by atoms with E-state index in [1.807, 2.05) is 12.1 Å². The van der Waals surface area contributed by atoms with Crippen LogP contribution in [0.1, 0.15) is 15.9 Å². The first-order valence-corrected chi connectivity index (χ1v) is 9.52. The van der Waals surface area contributed by atoms with Gasteiger partial charge in [-0.2, -0.15) is 0 Å². The van der Waals surface area contributed by atoms with Crippen LogP contribution in [0.5, 0.6) is 0 Å². The second kappa shape index (κ2) is 8.80. The Kier molecular flexibility index (Phi) is 6.75. The maximum absolute atomic E-state index is 12.1. The highest BCUT2D eigenvalue weighted by molar-refractivity contribution is 7.89. The predicted molar refractivity (Wildman–Crippen MR) is 99.3 cm³/mol. The summed E-state index contributed by atoms with van der Waals surface area (Å²) in [6.07, 6.45) is 2.14. The average Bonchev–Trinajstić information content (AvgIpc) is 2.62. The van der Waals surface area contributed by atoms with Gasteiger partial charge in [0.25, 0.3) is 5.91 Å². The topological polar surface area (TPSA) is 75.3 Å². The van der Waals surface area contributed by atoms with E-state index in [1.54, 1.807) is 12.1 Å². The molecule has 2 aromatic rings. The maximum Gasteiger partial charge on any atom is 0.251 e. The summed E-state index contributed by atoms with van der Waals surface area (Å²) < 4.78 is 26.3. The van der Waals surface area contributed by atoms with Crippen LogP contribution in [0.2, 0.25) is 5.02 Å². The molecule has 0 saturated carbocycles. The predicted octanol–water partition coefficient (Wildman–Crippen LogP) is 2.78. The molecule has 0 unspecified atom stereocenters. The fourth-order valence-corrected chi connectivity index (χ4v) is 3.24. The van der Waals surface area contributed by atoms with Gasteiger partial charge in [0.1, 0.15) is 0 Å². The SMILES string of the molecule is C=CCNS(=O)(=O)c1ccc(C(=O)NCCc2ccc(Cl)cc2)cc1. The number of benzene rings is 2. The average molecular weight is 379 g/mol. The van der Waals surface area contributed by atoms with Crippen molar-refractivity contribution in [1.29, 1.82) is 0 Å². The van der Waals surface area contributed by atoms with Gasteiger partial charge >= 0.3 is 0 Å². The Labute approximate surface area is 152 Å². The Morgan fingerprint density at radius 3 is 2.32 bits per heavy atom. The lowest BCUT2D eigenvalue weighted by Crippen LogP contribution is -2.26. The van der Waals surface area contributed by atoms with Crippen molar-refractivity contribution in [2.75, 3.05) is 13.1 Å². The number of sulfonamides is 1. The molecule has 0 bridgehead atoms. The van der Waals surface area contributed by atoms with Gasteiger partial charge in [-0.3, -0.25) is 4.79 Å². The van der Waals surface area contributed by atoms with E-state index >= 15 is 0 Å². The Morgan fingerprint density at radius 2 is 1.72 bits per heavy atom. The Morgan fingerprint density at radius 1 is 1.08 bits per heavy atom. The highest BCUT2D eigenvalue weighted by Gasteiger charge is 2.13. The van der Waals surface area contributed by atoms with Gasteiger partial charge in [-0.25, -0.2) is 13.1 Å². The highest BCUT2D eigenvalue weighted by Crippen LogP contribution is 2.11. The Bertz CT molecular complexity index is 832. The van der Waals surface area contributed by atoms with E-state index in [4.69, 9.17) is 11.6 Å². The van der Waals surface area contributed by atoms with Gasteiger partial charge in [-0.05, 0) is 48.4 Å². The summed E-state index contributed by atoms with van der Waals surface area (Å²) in [5, 5.41) is 3.48. The molecule has 0 aliphatic rings. The van der Waals surface area contributed by atoms with Crippen LogP contribution in [0.25, 0.3) is 0 Å². The molecule has 2 rings (SSSR count). The molecule has 2 aromatic carbocycles. The number of rotatable bonds is 8. The largest absolute Gasteiger partial charge is 0.352 e. The minimum Gasteiger partial charge on any atom is -0.352 e. The lowest BCUT2D eigenvalue weighted by molar-refractivity contribution is 0.0954. The van der Waals surface area contributed by atoms with Crippen LogP contribution in [0.3, 0.4) is 0 Å². The lowest BCUT2D eigenvalue weighted by atomic mass is 10.1. The molecule has 0 aromatic heterocycles. The van der Waals surface area contributed by atoms with Gasteiger partial charge in [-0.15, -0.1) is 6.58 Å². The molecule has 0 saturated heterocycles. The van der Waals surface area contributed by atoms with Crippen molar-refractivity contribution in [2.24, 2.45) is 0 Å². The molecule has 0 heterocycles. The molecule has 0 atom stereocenters. The van der Waals surface area contributed by atoms with E-state index in [0.717, 1.165) is 5.56 Å². The van der Waals surface area contributed by atoms with Crippen LogP contribution in [0, 0.1) is 0 Å². The minimum atomic E-state index is -3.59. The fraction of sp³-hybridized carbons (Fsp3) is 0.167. The molecule has 0 spiro atoms. The van der Waals surface area contributed by atoms with Gasteiger partial charge < -0.3 is 5.32 Å². The van der Waals surface area contributed by atoms with E-state index in [-0.39, 0.29) is 17.3 Å². The standard InChI is InChI=1S/C18H19ClN2O3S/c1-2-12-21-25(23,24)17-9-5-15(6-10-17)18(22)20-13-11-14-3-7-16(19)8-4-14/h2-10,21H,1,11-13H2,(H,20,22). The highest BCUT2D eigenvalue weighted by atomic mass is 35.5. The molecule has 2 N–H and O–H groups in total. The Hall–Kier alpha value is -2.15. The summed E-state index contributed by atoms with van der Waals surface area (Å²) in [7, 11) is -3.59. The fourth-order valence-electron chi connectivity index (χ4n) is 2.11. The first-order chi connectivity index (χ1) is 11.9. The molecule has 0 aliphatic carbocycles. The molecule has 5 nitrogen and oxygen atoms in total. The number of carbonyl (C=O) groups is 1. The summed E-state index contributed by atoms with van der Waals surface area (Å²) >= 11 is 5.83. The minimum absolute atomic E-state index is 0.104. The van der Waals surface area contributed by atoms with Crippen LogP contribution < -0.4 is 10.0 Å². The van der Waals surface area contributed by atoms with Gasteiger partial charge in [0, 0.05) is 23.7 Å².